The number of amides is 2. The van der Waals surface area contributed by atoms with Gasteiger partial charge in [-0.1, -0.05) is 36.4 Å². The van der Waals surface area contributed by atoms with E-state index in [1.54, 1.807) is 18.2 Å². The van der Waals surface area contributed by atoms with E-state index in [1.807, 2.05) is 41.8 Å². The highest BCUT2D eigenvalue weighted by atomic mass is 32.2. The Bertz CT molecular complexity index is 1570. The Balaban J connectivity index is 1.55. The standard InChI is InChI=1S/C26H19N3O4S2/c27-16-18-7-10-21(11-8-18)29-25(30)15-24(26(29)31)28(17-22-6-3-13-34-22)35(32,33)23-12-9-19-4-1-2-5-20(19)14-23/h1-14,24H,15,17H2. The number of nitrogens with zero attached hydrogens (tertiary/aromatic N) is 3. The van der Waals surface area contributed by atoms with E-state index in [2.05, 4.69) is 0 Å². The minimum atomic E-state index is -4.13. The van der Waals surface area contributed by atoms with Crippen LogP contribution in [0, 0.1) is 11.3 Å². The van der Waals surface area contributed by atoms with Crippen molar-refractivity contribution in [3.05, 3.63) is 94.7 Å². The van der Waals surface area contributed by atoms with E-state index in [4.69, 9.17) is 5.26 Å². The average molecular weight is 502 g/mol. The van der Waals surface area contributed by atoms with Crippen LogP contribution in [0.25, 0.3) is 10.8 Å². The lowest BCUT2D eigenvalue weighted by Gasteiger charge is -2.26. The van der Waals surface area contributed by atoms with Crippen molar-refractivity contribution >= 4 is 49.6 Å². The monoisotopic (exact) mass is 501 g/mol. The molecule has 1 fully saturated rings. The molecule has 7 nitrogen and oxygen atoms in total. The van der Waals surface area contributed by atoms with Gasteiger partial charge < -0.3 is 0 Å². The molecule has 4 aromatic rings. The average Bonchev–Trinajstić information content (AvgIpc) is 3.49. The zero-order valence-corrected chi connectivity index (χ0v) is 20.0. The molecule has 5 rings (SSSR count). The number of fused-ring (bicyclic) bond motifs is 1. The molecule has 2 amide bonds. The first-order valence-corrected chi connectivity index (χ1v) is 13.1. The number of sulfonamides is 1. The molecule has 0 spiro atoms. The van der Waals surface area contributed by atoms with Gasteiger partial charge in [-0.15, -0.1) is 11.3 Å². The SMILES string of the molecule is N#Cc1ccc(N2C(=O)CC(N(Cc3cccs3)S(=O)(=O)c3ccc4ccccc4c3)C2=O)cc1. The Morgan fingerprint density at radius 2 is 1.71 bits per heavy atom. The molecule has 1 aromatic heterocycles. The number of rotatable bonds is 6. The minimum Gasteiger partial charge on any atom is -0.274 e. The summed E-state index contributed by atoms with van der Waals surface area (Å²) in [6.45, 7) is -0.0300. The fourth-order valence-corrected chi connectivity index (χ4v) is 6.56. The van der Waals surface area contributed by atoms with Gasteiger partial charge in [0, 0.05) is 11.4 Å². The number of nitriles is 1. The summed E-state index contributed by atoms with van der Waals surface area (Å²) in [6, 6.07) is 22.7. The lowest BCUT2D eigenvalue weighted by Crippen LogP contribution is -2.44. The van der Waals surface area contributed by atoms with Crippen LogP contribution >= 0.6 is 11.3 Å². The lowest BCUT2D eigenvalue weighted by atomic mass is 10.1. The number of carbonyl (C=O) groups excluding carboxylic acids is 2. The predicted molar refractivity (Wildman–Crippen MR) is 133 cm³/mol. The Hall–Kier alpha value is -3.84. The van der Waals surface area contributed by atoms with Crippen molar-refractivity contribution in [3.8, 4) is 6.07 Å². The first-order chi connectivity index (χ1) is 16.9. The third-order valence-corrected chi connectivity index (χ3v) is 8.66. The Kier molecular flexibility index (Phi) is 5.94. The van der Waals surface area contributed by atoms with E-state index in [-0.39, 0.29) is 17.9 Å². The van der Waals surface area contributed by atoms with Gasteiger partial charge in [0.15, 0.2) is 0 Å². The molecule has 9 heteroatoms. The highest BCUT2D eigenvalue weighted by Gasteiger charge is 2.47. The number of anilines is 1. The van der Waals surface area contributed by atoms with Gasteiger partial charge in [0.2, 0.25) is 15.9 Å². The summed E-state index contributed by atoms with van der Waals surface area (Å²) in [7, 11) is -4.13. The van der Waals surface area contributed by atoms with Gasteiger partial charge in [-0.2, -0.15) is 9.57 Å². The molecule has 0 radical (unpaired) electrons. The number of carbonyl (C=O) groups is 2. The number of thiophene rings is 1. The van der Waals surface area contributed by atoms with Gasteiger partial charge in [-0.05, 0) is 58.6 Å². The van der Waals surface area contributed by atoms with Crippen LogP contribution < -0.4 is 4.90 Å². The normalized spacial score (nSPS) is 16.2. The molecule has 3 aromatic carbocycles. The fourth-order valence-electron chi connectivity index (χ4n) is 4.18. The summed E-state index contributed by atoms with van der Waals surface area (Å²) >= 11 is 1.38. The Morgan fingerprint density at radius 3 is 2.40 bits per heavy atom. The molecule has 0 aliphatic carbocycles. The van der Waals surface area contributed by atoms with Crippen molar-refractivity contribution in [2.24, 2.45) is 0 Å². The number of hydrogen-bond acceptors (Lipinski definition) is 6. The van der Waals surface area contributed by atoms with E-state index < -0.39 is 27.9 Å². The lowest BCUT2D eigenvalue weighted by molar-refractivity contribution is -0.122. The molecule has 0 saturated carbocycles. The third kappa shape index (κ3) is 4.23. The maximum Gasteiger partial charge on any atom is 0.252 e. The van der Waals surface area contributed by atoms with E-state index in [0.29, 0.717) is 11.3 Å². The molecule has 0 N–H and O–H groups in total. The largest absolute Gasteiger partial charge is 0.274 e. The van der Waals surface area contributed by atoms with Crippen LogP contribution in [0.15, 0.2) is 89.1 Å². The maximum absolute atomic E-state index is 13.9. The summed E-state index contributed by atoms with van der Waals surface area (Å²) in [6.07, 6.45) is -0.267. The van der Waals surface area contributed by atoms with Crippen molar-refractivity contribution in [1.29, 1.82) is 5.26 Å². The minimum absolute atomic E-state index is 0.0300. The number of benzene rings is 3. The van der Waals surface area contributed by atoms with E-state index in [1.165, 1.54) is 41.7 Å². The van der Waals surface area contributed by atoms with Crippen molar-refractivity contribution in [2.75, 3.05) is 4.90 Å². The molecular weight excluding hydrogens is 482 g/mol. The molecule has 1 unspecified atom stereocenters. The second kappa shape index (κ2) is 9.07. The van der Waals surface area contributed by atoms with E-state index >= 15 is 0 Å². The quantitative estimate of drug-likeness (QED) is 0.367. The van der Waals surface area contributed by atoms with Crippen molar-refractivity contribution in [2.45, 2.75) is 23.9 Å². The van der Waals surface area contributed by atoms with Crippen LogP contribution in [0.2, 0.25) is 0 Å². The first kappa shape index (κ1) is 22.9. The third-order valence-electron chi connectivity index (χ3n) is 5.94. The van der Waals surface area contributed by atoms with Gasteiger partial charge >= 0.3 is 0 Å². The van der Waals surface area contributed by atoms with Gasteiger partial charge in [0.1, 0.15) is 6.04 Å². The maximum atomic E-state index is 13.9. The molecule has 1 aliphatic heterocycles. The van der Waals surface area contributed by atoms with Crippen LogP contribution in [0.5, 0.6) is 0 Å². The number of imide groups is 1. The first-order valence-electron chi connectivity index (χ1n) is 10.8. The van der Waals surface area contributed by atoms with Crippen LogP contribution in [0.4, 0.5) is 5.69 Å². The molecule has 1 aliphatic rings. The molecule has 1 atom stereocenters. The topological polar surface area (TPSA) is 98.5 Å². The summed E-state index contributed by atoms with van der Waals surface area (Å²) in [4.78, 5) is 28.2. The summed E-state index contributed by atoms with van der Waals surface area (Å²) in [5.41, 5.74) is 0.697. The van der Waals surface area contributed by atoms with Crippen LogP contribution in [-0.4, -0.2) is 30.6 Å². The summed E-state index contributed by atoms with van der Waals surface area (Å²) in [5.74, 6) is -1.10. The van der Waals surface area contributed by atoms with Gasteiger partial charge in [0.25, 0.3) is 5.91 Å². The van der Waals surface area contributed by atoms with Gasteiger partial charge in [-0.3, -0.25) is 9.59 Å². The summed E-state index contributed by atoms with van der Waals surface area (Å²) < 4.78 is 28.9. The van der Waals surface area contributed by atoms with E-state index in [9.17, 15) is 18.0 Å². The molecule has 2 heterocycles. The summed E-state index contributed by atoms with van der Waals surface area (Å²) in [5, 5.41) is 12.5. The molecule has 35 heavy (non-hydrogen) atoms. The van der Waals surface area contributed by atoms with Gasteiger partial charge in [0.05, 0.1) is 28.6 Å². The zero-order valence-electron chi connectivity index (χ0n) is 18.4. The van der Waals surface area contributed by atoms with Gasteiger partial charge in [-0.25, -0.2) is 13.3 Å². The van der Waals surface area contributed by atoms with Crippen molar-refractivity contribution in [3.63, 3.8) is 0 Å². The Labute approximate surface area is 206 Å². The van der Waals surface area contributed by atoms with Crippen molar-refractivity contribution in [1.82, 2.24) is 4.31 Å². The number of hydrogen-bond donors (Lipinski definition) is 0. The van der Waals surface area contributed by atoms with Crippen molar-refractivity contribution < 1.29 is 18.0 Å². The molecule has 0 bridgehead atoms. The fraction of sp³-hybridized carbons (Fsp3) is 0.115. The van der Waals surface area contributed by atoms with Crippen LogP contribution in [0.1, 0.15) is 16.9 Å². The molecular formula is C26H19N3O4S2. The zero-order chi connectivity index (χ0) is 24.6. The highest BCUT2D eigenvalue weighted by Crippen LogP contribution is 2.32. The molecule has 1 saturated heterocycles. The Morgan fingerprint density at radius 1 is 0.971 bits per heavy atom. The second-order valence-electron chi connectivity index (χ2n) is 8.08. The van der Waals surface area contributed by atoms with Crippen LogP contribution in [-0.2, 0) is 26.2 Å². The van der Waals surface area contributed by atoms with Crippen LogP contribution in [0.3, 0.4) is 0 Å². The smallest absolute Gasteiger partial charge is 0.252 e. The highest BCUT2D eigenvalue weighted by molar-refractivity contribution is 7.89. The second-order valence-corrected chi connectivity index (χ2v) is 11.0. The predicted octanol–water partition coefficient (Wildman–Crippen LogP) is 4.30. The van der Waals surface area contributed by atoms with E-state index in [0.717, 1.165) is 24.9 Å². The molecule has 174 valence electrons.